The Labute approximate surface area is 255 Å². The molecule has 11 heteroatoms. The molecule has 2 saturated carbocycles. The largest absolute Gasteiger partial charge is 0.477 e. The van der Waals surface area contributed by atoms with E-state index in [-0.39, 0.29) is 34.6 Å². The van der Waals surface area contributed by atoms with Gasteiger partial charge < -0.3 is 31.9 Å². The number of carbonyl (C=O) groups is 3. The number of hydrogen-bond donors (Lipinski definition) is 5. The number of likely N-dealkylation sites (tertiary alicyclic amines) is 1. The fourth-order valence-corrected chi connectivity index (χ4v) is 9.40. The van der Waals surface area contributed by atoms with Crippen molar-refractivity contribution in [2.45, 2.75) is 126 Å². The van der Waals surface area contributed by atoms with Crippen LogP contribution in [0.4, 0.5) is 0 Å². The summed E-state index contributed by atoms with van der Waals surface area (Å²) >= 11 is 1.63. The van der Waals surface area contributed by atoms with Crippen LogP contribution in [0.15, 0.2) is 10.6 Å². The van der Waals surface area contributed by atoms with Crippen LogP contribution in [0.1, 0.15) is 91.4 Å². The van der Waals surface area contributed by atoms with E-state index >= 15 is 0 Å². The number of nitrogens with two attached hydrogens (primary N) is 2. The highest BCUT2D eigenvalue weighted by atomic mass is 32.2. The fraction of sp³-hybridized carbons (Fsp3) is 0.839. The molecule has 1 amide bonds. The number of aliphatic hydroxyl groups excluding tert-OH is 1. The van der Waals surface area contributed by atoms with Crippen LogP contribution in [0.25, 0.3) is 0 Å². The predicted octanol–water partition coefficient (Wildman–Crippen LogP) is 2.43. The maximum Gasteiger partial charge on any atom is 0.353 e. The van der Waals surface area contributed by atoms with Gasteiger partial charge in [0.25, 0.3) is 0 Å². The molecule has 0 spiro atoms. The normalized spacial score (nSPS) is 35.4. The zero-order chi connectivity index (χ0) is 30.8. The van der Waals surface area contributed by atoms with Crippen molar-refractivity contribution in [3.63, 3.8) is 0 Å². The fourth-order valence-electron chi connectivity index (χ4n) is 7.90. The summed E-state index contributed by atoms with van der Waals surface area (Å²) in [6.07, 6.45) is 10.3. The third kappa shape index (κ3) is 6.76. The number of aliphatic carboxylic acids is 1. The molecule has 42 heavy (non-hydrogen) atoms. The lowest BCUT2D eigenvalue weighted by Crippen LogP contribution is -2.63. The molecule has 5 rings (SSSR count). The molecule has 0 aromatic heterocycles. The average molecular weight is 608 g/mol. The first-order valence-electron chi connectivity index (χ1n) is 16.0. The Kier molecular flexibility index (Phi) is 10.9. The van der Waals surface area contributed by atoms with E-state index in [9.17, 15) is 24.6 Å². The first kappa shape index (κ1) is 33.4. The lowest BCUT2D eigenvalue weighted by molar-refractivity contribution is -0.163. The minimum Gasteiger partial charge on any atom is -0.477 e. The van der Waals surface area contributed by atoms with Crippen LogP contribution < -0.4 is 16.8 Å². The molecule has 3 heterocycles. The van der Waals surface area contributed by atoms with Crippen molar-refractivity contribution in [3.05, 3.63) is 10.6 Å². The number of hydrogen-bond acceptors (Lipinski definition) is 9. The Morgan fingerprint density at radius 2 is 1.81 bits per heavy atom. The maximum atomic E-state index is 12.5. The van der Waals surface area contributed by atoms with Gasteiger partial charge in [0.05, 0.1) is 18.1 Å². The molecular weight excluding hydrogens is 554 g/mol. The smallest absolute Gasteiger partial charge is 0.353 e. The maximum absolute atomic E-state index is 12.5. The van der Waals surface area contributed by atoms with Crippen LogP contribution >= 0.6 is 11.8 Å². The number of fused-ring (bicyclic) bond motifs is 1. The Hall–Kier alpha value is -1.50. The van der Waals surface area contributed by atoms with Gasteiger partial charge in [-0.3, -0.25) is 14.5 Å². The highest BCUT2D eigenvalue weighted by Gasteiger charge is 2.60. The van der Waals surface area contributed by atoms with Crippen LogP contribution in [0, 0.1) is 11.8 Å². The molecule has 3 aliphatic heterocycles. The first-order valence-corrected chi connectivity index (χ1v) is 16.9. The number of rotatable bonds is 9. The van der Waals surface area contributed by atoms with E-state index in [1.807, 2.05) is 14.0 Å². The summed E-state index contributed by atoms with van der Waals surface area (Å²) in [5.74, 6) is -1.45. The second-order valence-corrected chi connectivity index (χ2v) is 14.8. The Balaban J connectivity index is 0.000000283. The zero-order valence-corrected chi connectivity index (χ0v) is 26.8. The van der Waals surface area contributed by atoms with E-state index in [0.717, 1.165) is 75.8 Å². The van der Waals surface area contributed by atoms with Crippen LogP contribution in [0.2, 0.25) is 0 Å². The Bertz CT molecular complexity index is 1030. The molecule has 0 bridgehead atoms. The quantitative estimate of drug-likeness (QED) is 0.246. The summed E-state index contributed by atoms with van der Waals surface area (Å²) in [6.45, 7) is 8.27. The van der Waals surface area contributed by atoms with Gasteiger partial charge >= 0.3 is 5.97 Å². The number of nitrogens with zero attached hydrogens (tertiary/aromatic N) is 2. The van der Waals surface area contributed by atoms with Crippen molar-refractivity contribution in [3.8, 4) is 0 Å². The predicted molar refractivity (Wildman–Crippen MR) is 166 cm³/mol. The van der Waals surface area contributed by atoms with E-state index in [1.165, 1.54) is 17.7 Å². The molecule has 5 aliphatic rings. The molecule has 2 aliphatic carbocycles. The van der Waals surface area contributed by atoms with Gasteiger partial charge in [-0.15, -0.1) is 11.8 Å². The number of carbonyl (C=O) groups excluding carboxylic acids is 2. The van der Waals surface area contributed by atoms with E-state index in [1.54, 1.807) is 18.7 Å². The number of amides is 1. The molecule has 0 aromatic carbocycles. The summed E-state index contributed by atoms with van der Waals surface area (Å²) in [5, 5.41) is 23.5. The van der Waals surface area contributed by atoms with Gasteiger partial charge in [0.1, 0.15) is 11.5 Å². The first-order chi connectivity index (χ1) is 19.9. The topological polar surface area (TPSA) is 162 Å². The van der Waals surface area contributed by atoms with Crippen molar-refractivity contribution < 1.29 is 24.6 Å². The summed E-state index contributed by atoms with van der Waals surface area (Å²) in [6, 6.07) is 0.282. The molecule has 2 saturated heterocycles. The molecule has 238 valence electrons. The van der Waals surface area contributed by atoms with Gasteiger partial charge in [-0.05, 0) is 71.9 Å². The SMILES string of the molecule is CCCC1(NC)CCC(=O)CC1.C[C@@H](O)[C@H]1C(=O)N2C(C(=O)O)=C(S[C@@H]3CCN(C4CCC(N)(CN)CC4)C3)[C@H](C)[C@H]12. The minimum atomic E-state index is -1.05. The number of Topliss-reactive ketones (excluding diaryl/α,β-unsaturated/α-hetero) is 1. The van der Waals surface area contributed by atoms with Gasteiger partial charge in [0.2, 0.25) is 5.91 Å². The highest BCUT2D eigenvalue weighted by molar-refractivity contribution is 8.03. The molecular formula is C31H53N5O5S. The number of aliphatic hydroxyl groups is 1. The summed E-state index contributed by atoms with van der Waals surface area (Å²) < 4.78 is 0. The standard InChI is InChI=1S/C21H34N4O4S.C10H19NO/c1-11-16-15(12(2)26)19(27)25(16)17(20(28)29)18(11)30-14-5-8-24(9-14)13-3-6-21(23,10-22)7-4-13;1-3-6-10(11-2)7-4-9(12)5-8-10/h11-16,26H,3-10,22-23H2,1-2H3,(H,28,29);11H,3-8H2,1-2H3/t11-,12-,13?,14-,15-,16-,21?;/m1./s1. The van der Waals surface area contributed by atoms with Gasteiger partial charge in [-0.25, -0.2) is 4.79 Å². The summed E-state index contributed by atoms with van der Waals surface area (Å²) in [4.78, 5) is 40.2. The van der Waals surface area contributed by atoms with Crippen molar-refractivity contribution in [2.75, 3.05) is 26.7 Å². The van der Waals surface area contributed by atoms with Crippen LogP contribution in [0.5, 0.6) is 0 Å². The highest BCUT2D eigenvalue weighted by Crippen LogP contribution is 2.52. The average Bonchev–Trinajstić information content (AvgIpc) is 3.52. The second kappa shape index (κ2) is 13.6. The number of β-lactam (4-membered cyclic amide) rings is 1. The third-order valence-electron chi connectivity index (χ3n) is 10.7. The number of carboxylic acids is 1. The monoisotopic (exact) mass is 607 g/mol. The molecule has 0 unspecified atom stereocenters. The Morgan fingerprint density at radius 1 is 1.17 bits per heavy atom. The van der Waals surface area contributed by atoms with Crippen molar-refractivity contribution in [1.29, 1.82) is 0 Å². The van der Waals surface area contributed by atoms with Crippen LogP contribution in [-0.4, -0.2) is 98.9 Å². The zero-order valence-electron chi connectivity index (χ0n) is 25.9. The van der Waals surface area contributed by atoms with Crippen molar-refractivity contribution in [1.82, 2.24) is 15.1 Å². The molecule has 0 aromatic rings. The molecule has 10 nitrogen and oxygen atoms in total. The van der Waals surface area contributed by atoms with Gasteiger partial charge in [0.15, 0.2) is 0 Å². The lowest BCUT2D eigenvalue weighted by atomic mass is 9.78. The molecule has 7 N–H and O–H groups in total. The third-order valence-corrected chi connectivity index (χ3v) is 12.2. The number of carboxylic acid groups (broad SMARTS) is 1. The summed E-state index contributed by atoms with van der Waals surface area (Å²) in [5.41, 5.74) is 12.4. The molecule has 5 atom stereocenters. The Morgan fingerprint density at radius 3 is 2.33 bits per heavy atom. The number of nitrogens with one attached hydrogen (secondary N) is 1. The minimum absolute atomic E-state index is 0.0652. The van der Waals surface area contributed by atoms with E-state index in [4.69, 9.17) is 11.5 Å². The van der Waals surface area contributed by atoms with Crippen LogP contribution in [-0.2, 0) is 14.4 Å². The second-order valence-electron chi connectivity index (χ2n) is 13.4. The molecule has 4 fully saturated rings. The number of ketones is 1. The van der Waals surface area contributed by atoms with E-state index in [0.29, 0.717) is 23.6 Å². The lowest BCUT2D eigenvalue weighted by Gasteiger charge is -2.46. The van der Waals surface area contributed by atoms with Crippen molar-refractivity contribution in [2.24, 2.45) is 23.3 Å². The van der Waals surface area contributed by atoms with Gasteiger partial charge in [-0.1, -0.05) is 20.3 Å². The molecule has 0 radical (unpaired) electrons. The van der Waals surface area contributed by atoms with Gasteiger partial charge in [-0.2, -0.15) is 0 Å². The van der Waals surface area contributed by atoms with E-state index in [2.05, 4.69) is 17.1 Å². The van der Waals surface area contributed by atoms with E-state index < -0.39 is 18.0 Å². The van der Waals surface area contributed by atoms with Crippen molar-refractivity contribution >= 4 is 29.4 Å². The summed E-state index contributed by atoms with van der Waals surface area (Å²) in [7, 11) is 2.02. The van der Waals surface area contributed by atoms with Gasteiger partial charge in [0, 0.05) is 59.1 Å². The number of thioether (sulfide) groups is 1. The van der Waals surface area contributed by atoms with Crippen LogP contribution in [0.3, 0.4) is 0 Å².